The van der Waals surface area contributed by atoms with Crippen LogP contribution in [0, 0.1) is 0 Å². The molecule has 0 radical (unpaired) electrons. The Hall–Kier alpha value is -1.62. The maximum Gasteiger partial charge on any atom is 0.232 e. The zero-order chi connectivity index (χ0) is 19.1. The van der Waals surface area contributed by atoms with Crippen LogP contribution >= 0.6 is 39.1 Å². The lowest BCUT2D eigenvalue weighted by Gasteiger charge is -2.39. The number of hydrogen-bond acceptors (Lipinski definition) is 2. The fourth-order valence-electron chi connectivity index (χ4n) is 3.96. The summed E-state index contributed by atoms with van der Waals surface area (Å²) in [5, 5.41) is 0.718. The molecular formula is C21H16BrCl2NO2. The first-order valence-corrected chi connectivity index (χ1v) is 10.3. The van der Waals surface area contributed by atoms with Crippen LogP contribution in [0.5, 0.6) is 0 Å². The van der Waals surface area contributed by atoms with E-state index in [1.54, 1.807) is 23.1 Å². The van der Waals surface area contributed by atoms with Crippen LogP contribution in [0.3, 0.4) is 0 Å². The Morgan fingerprint density at radius 1 is 1.00 bits per heavy atom. The second-order valence-corrected chi connectivity index (χ2v) is 8.36. The number of hydrogen-bond donors (Lipinski definition) is 0. The van der Waals surface area contributed by atoms with Crippen molar-refractivity contribution in [3.05, 3.63) is 73.8 Å². The van der Waals surface area contributed by atoms with Gasteiger partial charge in [0.1, 0.15) is 0 Å². The number of carbonyl (C=O) groups is 2. The third-order valence-corrected chi connectivity index (χ3v) is 6.66. The summed E-state index contributed by atoms with van der Waals surface area (Å²) in [7, 11) is 0. The predicted molar refractivity (Wildman–Crippen MR) is 111 cm³/mol. The van der Waals surface area contributed by atoms with Gasteiger partial charge in [0.15, 0.2) is 5.78 Å². The highest BCUT2D eigenvalue weighted by Crippen LogP contribution is 2.46. The average molecular weight is 465 g/mol. The van der Waals surface area contributed by atoms with Gasteiger partial charge >= 0.3 is 0 Å². The highest BCUT2D eigenvalue weighted by atomic mass is 79.9. The van der Waals surface area contributed by atoms with Crippen LogP contribution in [0.4, 0.5) is 5.69 Å². The predicted octanol–water partition coefficient (Wildman–Crippen LogP) is 6.28. The maximum absolute atomic E-state index is 13.2. The number of nitrogens with zero attached hydrogens (tertiary/aromatic N) is 1. The smallest absolute Gasteiger partial charge is 0.232 e. The van der Waals surface area contributed by atoms with Crippen molar-refractivity contribution in [1.29, 1.82) is 0 Å². The summed E-state index contributed by atoms with van der Waals surface area (Å²) in [4.78, 5) is 27.7. The van der Waals surface area contributed by atoms with Gasteiger partial charge in [0.25, 0.3) is 0 Å². The first-order chi connectivity index (χ1) is 13.0. The molecule has 1 heterocycles. The number of Topliss-reactive ketones (excluding diaryl/α,β-unsaturated/α-hetero) is 1. The van der Waals surface area contributed by atoms with Crippen LogP contribution < -0.4 is 4.90 Å². The molecule has 1 unspecified atom stereocenters. The Kier molecular flexibility index (Phi) is 5.15. The lowest BCUT2D eigenvalue weighted by atomic mass is 9.77. The van der Waals surface area contributed by atoms with E-state index in [9.17, 15) is 9.59 Å². The molecule has 0 N–H and O–H groups in total. The van der Waals surface area contributed by atoms with Crippen molar-refractivity contribution >= 4 is 56.5 Å². The van der Waals surface area contributed by atoms with Crippen molar-refractivity contribution in [2.24, 2.45) is 0 Å². The number of halogens is 3. The molecule has 2 aliphatic rings. The normalized spacial score (nSPS) is 20.1. The van der Waals surface area contributed by atoms with Crippen LogP contribution in [0.2, 0.25) is 10.0 Å². The molecule has 0 spiro atoms. The second kappa shape index (κ2) is 7.42. The molecule has 2 aromatic carbocycles. The van der Waals surface area contributed by atoms with E-state index in [4.69, 9.17) is 23.2 Å². The topological polar surface area (TPSA) is 37.4 Å². The maximum atomic E-state index is 13.2. The molecule has 1 atom stereocenters. The lowest BCUT2D eigenvalue weighted by Crippen LogP contribution is -2.40. The van der Waals surface area contributed by atoms with Crippen LogP contribution in [0.15, 0.2) is 58.2 Å². The van der Waals surface area contributed by atoms with Gasteiger partial charge in [-0.25, -0.2) is 0 Å². The number of anilines is 1. The summed E-state index contributed by atoms with van der Waals surface area (Å²) < 4.78 is 0.905. The van der Waals surface area contributed by atoms with Crippen molar-refractivity contribution in [3.63, 3.8) is 0 Å². The number of benzene rings is 2. The Balaban J connectivity index is 1.92. The molecule has 3 nitrogen and oxygen atoms in total. The van der Waals surface area contributed by atoms with E-state index < -0.39 is 0 Å². The molecule has 6 heteroatoms. The van der Waals surface area contributed by atoms with Gasteiger partial charge in [-0.3, -0.25) is 14.5 Å². The number of allylic oxidation sites excluding steroid dienone is 2. The van der Waals surface area contributed by atoms with E-state index in [-0.39, 0.29) is 24.0 Å². The highest BCUT2D eigenvalue weighted by molar-refractivity contribution is 9.10. The van der Waals surface area contributed by atoms with Crippen molar-refractivity contribution in [2.75, 3.05) is 4.90 Å². The molecule has 1 amide bonds. The van der Waals surface area contributed by atoms with Gasteiger partial charge in [-0.2, -0.15) is 0 Å². The SMILES string of the molecule is O=C1CCCC2=C1C(c1ccccc1Br)CC(=O)N2c1cccc(Cl)c1Cl. The van der Waals surface area contributed by atoms with E-state index in [1.165, 1.54) is 0 Å². The number of carbonyl (C=O) groups excluding carboxylic acids is 2. The fraction of sp³-hybridized carbons (Fsp3) is 0.238. The quantitative estimate of drug-likeness (QED) is 0.524. The van der Waals surface area contributed by atoms with Gasteiger partial charge in [0, 0.05) is 34.5 Å². The van der Waals surface area contributed by atoms with Gasteiger partial charge in [-0.1, -0.05) is 63.4 Å². The van der Waals surface area contributed by atoms with E-state index in [1.807, 2.05) is 24.3 Å². The second-order valence-electron chi connectivity index (χ2n) is 6.72. The molecule has 1 aliphatic carbocycles. The Labute approximate surface area is 176 Å². The Morgan fingerprint density at radius 2 is 1.78 bits per heavy atom. The monoisotopic (exact) mass is 463 g/mol. The summed E-state index contributed by atoms with van der Waals surface area (Å²) in [6.07, 6.45) is 2.11. The summed E-state index contributed by atoms with van der Waals surface area (Å²) in [6, 6.07) is 13.0. The minimum Gasteiger partial charge on any atom is -0.294 e. The fourth-order valence-corrected chi connectivity index (χ4v) is 4.90. The molecule has 1 aliphatic heterocycles. The molecule has 27 heavy (non-hydrogen) atoms. The van der Waals surface area contributed by atoms with Gasteiger partial charge in [-0.05, 0) is 36.6 Å². The summed E-state index contributed by atoms with van der Waals surface area (Å²) >= 11 is 16.1. The van der Waals surface area contributed by atoms with Crippen molar-refractivity contribution in [1.82, 2.24) is 0 Å². The van der Waals surface area contributed by atoms with Gasteiger partial charge in [0.05, 0.1) is 15.7 Å². The third kappa shape index (κ3) is 3.24. The van der Waals surface area contributed by atoms with Gasteiger partial charge < -0.3 is 0 Å². The standard InChI is InChI=1S/C21H16BrCl2NO2/c22-14-6-2-1-5-12(14)13-11-19(27)25(16-8-4-10-18(26)20(13)16)17-9-3-7-15(23)21(17)24/h1-3,5-7,9,13H,4,8,10-11H2. The first kappa shape index (κ1) is 18.7. The summed E-state index contributed by atoms with van der Waals surface area (Å²) in [6.45, 7) is 0. The van der Waals surface area contributed by atoms with Crippen LogP contribution in [-0.4, -0.2) is 11.7 Å². The molecule has 0 saturated carbocycles. The van der Waals surface area contributed by atoms with Crippen molar-refractivity contribution in [3.8, 4) is 0 Å². The molecule has 2 aromatic rings. The minimum absolute atomic E-state index is 0.0756. The minimum atomic E-state index is -0.245. The third-order valence-electron chi connectivity index (χ3n) is 5.13. The number of amides is 1. The van der Waals surface area contributed by atoms with Crippen LogP contribution in [-0.2, 0) is 9.59 Å². The zero-order valence-electron chi connectivity index (χ0n) is 14.3. The van der Waals surface area contributed by atoms with Crippen molar-refractivity contribution < 1.29 is 9.59 Å². The zero-order valence-corrected chi connectivity index (χ0v) is 17.4. The van der Waals surface area contributed by atoms with Crippen molar-refractivity contribution in [2.45, 2.75) is 31.6 Å². The van der Waals surface area contributed by atoms with Crippen LogP contribution in [0.1, 0.15) is 37.2 Å². The summed E-state index contributed by atoms with van der Waals surface area (Å²) in [5.74, 6) is -0.217. The number of rotatable bonds is 2. The van der Waals surface area contributed by atoms with Gasteiger partial charge in [-0.15, -0.1) is 0 Å². The van der Waals surface area contributed by atoms with Gasteiger partial charge in [0.2, 0.25) is 5.91 Å². The molecule has 4 rings (SSSR count). The van der Waals surface area contributed by atoms with E-state index >= 15 is 0 Å². The van der Waals surface area contributed by atoms with E-state index in [0.717, 1.165) is 27.7 Å². The lowest BCUT2D eigenvalue weighted by molar-refractivity contribution is -0.119. The molecule has 0 saturated heterocycles. The average Bonchev–Trinajstić information content (AvgIpc) is 2.65. The summed E-state index contributed by atoms with van der Waals surface area (Å²) in [5.41, 5.74) is 2.99. The number of ketones is 1. The molecular weight excluding hydrogens is 449 g/mol. The molecule has 0 bridgehead atoms. The molecule has 138 valence electrons. The van der Waals surface area contributed by atoms with Crippen LogP contribution in [0.25, 0.3) is 0 Å². The Morgan fingerprint density at radius 3 is 2.56 bits per heavy atom. The van der Waals surface area contributed by atoms with E-state index in [2.05, 4.69) is 15.9 Å². The molecule has 0 fully saturated rings. The Bertz CT molecular complexity index is 986. The molecule has 0 aromatic heterocycles. The highest BCUT2D eigenvalue weighted by Gasteiger charge is 2.40. The first-order valence-electron chi connectivity index (χ1n) is 8.76. The largest absolute Gasteiger partial charge is 0.294 e. The van der Waals surface area contributed by atoms with E-state index in [0.29, 0.717) is 28.6 Å².